The van der Waals surface area contributed by atoms with Gasteiger partial charge in [0.2, 0.25) is 11.9 Å². The van der Waals surface area contributed by atoms with E-state index in [1.165, 1.54) is 5.56 Å². The first-order valence-electron chi connectivity index (χ1n) is 8.69. The van der Waals surface area contributed by atoms with E-state index >= 15 is 0 Å². The van der Waals surface area contributed by atoms with Crippen molar-refractivity contribution in [3.8, 4) is 0 Å². The molecule has 1 amide bonds. The summed E-state index contributed by atoms with van der Waals surface area (Å²) in [5, 5.41) is 12.3. The molecular weight excluding hydrogens is 316 g/mol. The number of nitrogens with one attached hydrogen (secondary N) is 1. The van der Waals surface area contributed by atoms with Crippen LogP contribution >= 0.6 is 0 Å². The maximum absolute atomic E-state index is 12.4. The van der Waals surface area contributed by atoms with E-state index in [1.54, 1.807) is 18.5 Å². The van der Waals surface area contributed by atoms with Crippen LogP contribution in [0.3, 0.4) is 0 Å². The average molecular weight is 340 g/mol. The Kier molecular flexibility index (Phi) is 5.73. The number of benzene rings is 1. The van der Waals surface area contributed by atoms with E-state index < -0.39 is 0 Å². The van der Waals surface area contributed by atoms with Crippen molar-refractivity contribution in [2.45, 2.75) is 38.3 Å². The first kappa shape index (κ1) is 17.5. The van der Waals surface area contributed by atoms with Crippen molar-refractivity contribution < 1.29 is 9.90 Å². The molecule has 1 aromatic heterocycles. The summed E-state index contributed by atoms with van der Waals surface area (Å²) in [5.41, 5.74) is 2.24. The summed E-state index contributed by atoms with van der Waals surface area (Å²) in [4.78, 5) is 22.7. The van der Waals surface area contributed by atoms with E-state index in [2.05, 4.69) is 26.3 Å². The lowest BCUT2D eigenvalue weighted by Gasteiger charge is -2.35. The Morgan fingerprint density at radius 2 is 1.92 bits per heavy atom. The number of carbonyl (C=O) groups excluding carboxylic acids is 1. The first-order chi connectivity index (χ1) is 12.2. The van der Waals surface area contributed by atoms with Crippen molar-refractivity contribution in [1.29, 1.82) is 0 Å². The molecule has 1 aliphatic rings. The topological polar surface area (TPSA) is 78.4 Å². The molecular formula is C19H24N4O2. The van der Waals surface area contributed by atoms with Gasteiger partial charge in [-0.25, -0.2) is 9.97 Å². The van der Waals surface area contributed by atoms with Gasteiger partial charge < -0.3 is 5.11 Å². The minimum Gasteiger partial charge on any atom is -0.392 e. The highest BCUT2D eigenvalue weighted by atomic mass is 16.3. The lowest BCUT2D eigenvalue weighted by molar-refractivity contribution is -0.121. The van der Waals surface area contributed by atoms with E-state index in [9.17, 15) is 9.90 Å². The summed E-state index contributed by atoms with van der Waals surface area (Å²) in [7, 11) is 0. The molecule has 1 aliphatic heterocycles. The maximum atomic E-state index is 12.4. The number of aromatic nitrogens is 2. The molecule has 1 saturated heterocycles. The molecule has 2 N–H and O–H groups in total. The summed E-state index contributed by atoms with van der Waals surface area (Å²) in [6, 6.07) is 9.57. The van der Waals surface area contributed by atoms with Gasteiger partial charge in [-0.1, -0.05) is 24.3 Å². The number of hydrogen-bond donors (Lipinski definition) is 2. The molecule has 1 aromatic carbocycles. The number of anilines is 1. The van der Waals surface area contributed by atoms with Gasteiger partial charge in [-0.2, -0.15) is 0 Å². The number of carbonyl (C=O) groups is 1. The van der Waals surface area contributed by atoms with Gasteiger partial charge in [0, 0.05) is 12.4 Å². The SMILES string of the molecule is CC(C(=O)Nc1ncccn1)N1CCC(c2ccccc2CO)CC1. The lowest BCUT2D eigenvalue weighted by atomic mass is 9.86. The molecule has 6 nitrogen and oxygen atoms in total. The van der Waals surface area contributed by atoms with Gasteiger partial charge in [-0.05, 0) is 56.0 Å². The Morgan fingerprint density at radius 3 is 2.60 bits per heavy atom. The molecule has 0 radical (unpaired) electrons. The zero-order chi connectivity index (χ0) is 17.6. The fourth-order valence-corrected chi connectivity index (χ4v) is 3.42. The number of nitrogens with zero attached hydrogens (tertiary/aromatic N) is 3. The Labute approximate surface area is 147 Å². The molecule has 6 heteroatoms. The summed E-state index contributed by atoms with van der Waals surface area (Å²) in [5.74, 6) is 0.693. The Hall–Kier alpha value is -2.31. The third kappa shape index (κ3) is 4.21. The largest absolute Gasteiger partial charge is 0.392 e. The van der Waals surface area contributed by atoms with Crippen LogP contribution in [0.1, 0.15) is 36.8 Å². The van der Waals surface area contributed by atoms with Crippen molar-refractivity contribution in [3.63, 3.8) is 0 Å². The molecule has 0 spiro atoms. The van der Waals surface area contributed by atoms with Crippen LogP contribution in [0.5, 0.6) is 0 Å². The highest BCUT2D eigenvalue weighted by Crippen LogP contribution is 2.31. The second-order valence-corrected chi connectivity index (χ2v) is 6.40. The fraction of sp³-hybridized carbons (Fsp3) is 0.421. The summed E-state index contributed by atoms with van der Waals surface area (Å²) >= 11 is 0. The molecule has 0 bridgehead atoms. The number of amides is 1. The Morgan fingerprint density at radius 1 is 1.24 bits per heavy atom. The van der Waals surface area contributed by atoms with Crippen LogP contribution in [-0.4, -0.2) is 45.0 Å². The molecule has 3 rings (SSSR count). The number of hydrogen-bond acceptors (Lipinski definition) is 5. The lowest BCUT2D eigenvalue weighted by Crippen LogP contribution is -2.46. The van der Waals surface area contributed by atoms with Crippen LogP contribution in [-0.2, 0) is 11.4 Å². The van der Waals surface area contributed by atoms with Crippen LogP contribution in [0.25, 0.3) is 0 Å². The Balaban J connectivity index is 1.57. The van der Waals surface area contributed by atoms with Crippen LogP contribution in [0.2, 0.25) is 0 Å². The summed E-state index contributed by atoms with van der Waals surface area (Å²) in [6.45, 7) is 3.70. The van der Waals surface area contributed by atoms with Crippen LogP contribution in [0.4, 0.5) is 5.95 Å². The van der Waals surface area contributed by atoms with Crippen molar-refractivity contribution >= 4 is 11.9 Å². The zero-order valence-electron chi connectivity index (χ0n) is 14.4. The molecule has 2 heterocycles. The van der Waals surface area contributed by atoms with Gasteiger partial charge in [-0.15, -0.1) is 0 Å². The summed E-state index contributed by atoms with van der Waals surface area (Å²) < 4.78 is 0. The van der Waals surface area contributed by atoms with E-state index in [-0.39, 0.29) is 18.6 Å². The van der Waals surface area contributed by atoms with Crippen molar-refractivity contribution in [2.24, 2.45) is 0 Å². The van der Waals surface area contributed by atoms with Crippen molar-refractivity contribution in [3.05, 3.63) is 53.9 Å². The van der Waals surface area contributed by atoms with Crippen molar-refractivity contribution in [2.75, 3.05) is 18.4 Å². The average Bonchev–Trinajstić information content (AvgIpc) is 2.68. The molecule has 1 atom stereocenters. The van der Waals surface area contributed by atoms with Crippen LogP contribution in [0, 0.1) is 0 Å². The molecule has 2 aromatic rings. The molecule has 1 fully saturated rings. The molecule has 1 unspecified atom stereocenters. The normalized spacial score (nSPS) is 17.2. The van der Waals surface area contributed by atoms with Gasteiger partial charge in [0.15, 0.2) is 0 Å². The van der Waals surface area contributed by atoms with Crippen molar-refractivity contribution in [1.82, 2.24) is 14.9 Å². The number of likely N-dealkylation sites (tertiary alicyclic amines) is 1. The van der Waals surface area contributed by atoms with Gasteiger partial charge in [0.1, 0.15) is 0 Å². The van der Waals surface area contributed by atoms with Gasteiger partial charge in [0.25, 0.3) is 0 Å². The first-order valence-corrected chi connectivity index (χ1v) is 8.69. The molecule has 0 aliphatic carbocycles. The number of piperidine rings is 1. The van der Waals surface area contributed by atoms with E-state index in [4.69, 9.17) is 0 Å². The summed E-state index contributed by atoms with van der Waals surface area (Å²) in [6.07, 6.45) is 5.18. The van der Waals surface area contributed by atoms with Gasteiger partial charge in [0.05, 0.1) is 12.6 Å². The molecule has 132 valence electrons. The molecule has 25 heavy (non-hydrogen) atoms. The smallest absolute Gasteiger partial charge is 0.243 e. The minimum absolute atomic E-state index is 0.0757. The third-order valence-corrected chi connectivity index (χ3v) is 4.92. The van der Waals surface area contributed by atoms with Gasteiger partial charge in [-0.3, -0.25) is 15.0 Å². The predicted molar refractivity (Wildman–Crippen MR) is 96.0 cm³/mol. The fourth-order valence-electron chi connectivity index (χ4n) is 3.42. The highest BCUT2D eigenvalue weighted by molar-refractivity contribution is 5.93. The van der Waals surface area contributed by atoms with Gasteiger partial charge >= 0.3 is 0 Å². The second-order valence-electron chi connectivity index (χ2n) is 6.40. The quantitative estimate of drug-likeness (QED) is 0.872. The highest BCUT2D eigenvalue weighted by Gasteiger charge is 2.28. The third-order valence-electron chi connectivity index (χ3n) is 4.92. The van der Waals surface area contributed by atoms with E-state index in [0.29, 0.717) is 11.9 Å². The van der Waals surface area contributed by atoms with E-state index in [1.807, 2.05) is 25.1 Å². The molecule has 0 saturated carbocycles. The van der Waals surface area contributed by atoms with Crippen LogP contribution < -0.4 is 5.32 Å². The number of rotatable bonds is 5. The Bertz CT molecular complexity index is 700. The second kappa shape index (κ2) is 8.18. The van der Waals surface area contributed by atoms with Crippen LogP contribution in [0.15, 0.2) is 42.7 Å². The number of aliphatic hydroxyl groups is 1. The minimum atomic E-state index is -0.224. The monoisotopic (exact) mass is 340 g/mol. The standard InChI is InChI=1S/C19H24N4O2/c1-14(18(25)22-19-20-9-4-10-21-19)23-11-7-15(8-12-23)17-6-3-2-5-16(17)13-24/h2-6,9-10,14-15,24H,7-8,11-13H2,1H3,(H,20,21,22,25). The maximum Gasteiger partial charge on any atom is 0.243 e. The zero-order valence-corrected chi connectivity index (χ0v) is 14.4. The van der Waals surface area contributed by atoms with E-state index in [0.717, 1.165) is 31.5 Å². The predicted octanol–water partition coefficient (Wildman–Crippen LogP) is 2.18. The number of aliphatic hydroxyl groups excluding tert-OH is 1.